The molecule has 2 heterocycles. The number of nitrogens with zero attached hydrogens (tertiary/aromatic N) is 5. The Labute approximate surface area is 152 Å². The van der Waals surface area contributed by atoms with E-state index in [4.69, 9.17) is 11.6 Å². The quantitative estimate of drug-likeness (QED) is 0.526. The van der Waals surface area contributed by atoms with Gasteiger partial charge in [0.1, 0.15) is 16.7 Å². The first-order chi connectivity index (χ1) is 12.4. The highest BCUT2D eigenvalue weighted by atomic mass is 35.5. The molecule has 0 amide bonds. The fourth-order valence-electron chi connectivity index (χ4n) is 2.18. The minimum absolute atomic E-state index is 0.115. The van der Waals surface area contributed by atoms with Crippen molar-refractivity contribution in [3.8, 4) is 0 Å². The summed E-state index contributed by atoms with van der Waals surface area (Å²) in [6, 6.07) is 6.11. The van der Waals surface area contributed by atoms with Crippen LogP contribution in [0, 0.1) is 19.7 Å². The molecule has 0 saturated heterocycles. The molecule has 3 aromatic rings. The molecule has 26 heavy (non-hydrogen) atoms. The molecule has 0 radical (unpaired) electrons. The molecule has 0 saturated carbocycles. The van der Waals surface area contributed by atoms with Crippen molar-refractivity contribution in [1.29, 1.82) is 0 Å². The zero-order valence-electron chi connectivity index (χ0n) is 14.0. The van der Waals surface area contributed by atoms with Crippen molar-refractivity contribution >= 4 is 23.8 Å². The van der Waals surface area contributed by atoms with Gasteiger partial charge in [-0.25, -0.2) is 14.5 Å². The van der Waals surface area contributed by atoms with Gasteiger partial charge in [-0.15, -0.1) is 10.2 Å². The predicted molar refractivity (Wildman–Crippen MR) is 96.1 cm³/mol. The van der Waals surface area contributed by atoms with Gasteiger partial charge in [-0.3, -0.25) is 9.78 Å². The fourth-order valence-corrected chi connectivity index (χ4v) is 2.47. The van der Waals surface area contributed by atoms with Crippen LogP contribution in [0.3, 0.4) is 0 Å². The van der Waals surface area contributed by atoms with Crippen molar-refractivity contribution in [2.75, 3.05) is 5.43 Å². The van der Waals surface area contributed by atoms with E-state index in [0.717, 1.165) is 5.56 Å². The summed E-state index contributed by atoms with van der Waals surface area (Å²) in [4.78, 5) is 14.0. The molecule has 2 aromatic heterocycles. The number of aromatic nitrogens is 5. The number of hydrogen-bond donors (Lipinski definition) is 2. The van der Waals surface area contributed by atoms with Gasteiger partial charge in [0.15, 0.2) is 0 Å². The summed E-state index contributed by atoms with van der Waals surface area (Å²) >= 11 is 6.36. The maximum Gasteiger partial charge on any atom is 0.274 e. The van der Waals surface area contributed by atoms with Gasteiger partial charge in [-0.2, -0.15) is 10.2 Å². The number of nitrogens with one attached hydrogen (secondary N) is 2. The lowest BCUT2D eigenvalue weighted by atomic mass is 10.2. The van der Waals surface area contributed by atoms with Crippen LogP contribution in [0.5, 0.6) is 0 Å². The molecule has 0 atom stereocenters. The zero-order valence-corrected chi connectivity index (χ0v) is 14.8. The van der Waals surface area contributed by atoms with E-state index in [-0.39, 0.29) is 23.0 Å². The topological polar surface area (TPSA) is 101 Å². The average molecular weight is 376 g/mol. The highest BCUT2D eigenvalue weighted by Gasteiger charge is 2.12. The number of hydrogen-bond acceptors (Lipinski definition) is 6. The van der Waals surface area contributed by atoms with E-state index in [1.807, 2.05) is 0 Å². The van der Waals surface area contributed by atoms with Gasteiger partial charge < -0.3 is 0 Å². The van der Waals surface area contributed by atoms with Crippen LogP contribution in [0.4, 0.5) is 10.3 Å². The highest BCUT2D eigenvalue weighted by Crippen LogP contribution is 2.19. The summed E-state index contributed by atoms with van der Waals surface area (Å²) in [5.74, 6) is -0.183. The summed E-state index contributed by atoms with van der Waals surface area (Å²) in [6.07, 6.45) is 1.48. The van der Waals surface area contributed by atoms with Crippen molar-refractivity contribution in [2.45, 2.75) is 20.4 Å². The van der Waals surface area contributed by atoms with E-state index >= 15 is 0 Å². The number of aromatic amines is 1. The Balaban J connectivity index is 1.75. The van der Waals surface area contributed by atoms with Crippen LogP contribution in [0.2, 0.25) is 5.15 Å². The van der Waals surface area contributed by atoms with E-state index in [1.165, 1.54) is 18.3 Å². The van der Waals surface area contributed by atoms with E-state index < -0.39 is 0 Å². The first kappa shape index (κ1) is 17.7. The molecule has 2 N–H and O–H groups in total. The number of H-pyrrole nitrogens is 1. The first-order valence-corrected chi connectivity index (χ1v) is 8.02. The van der Waals surface area contributed by atoms with Crippen molar-refractivity contribution in [3.63, 3.8) is 0 Å². The van der Waals surface area contributed by atoms with Gasteiger partial charge in [0, 0.05) is 0 Å². The molecule has 0 aliphatic carbocycles. The molecule has 1 aromatic carbocycles. The maximum absolute atomic E-state index is 13.0. The lowest BCUT2D eigenvalue weighted by molar-refractivity contribution is 0.624. The molecule has 0 spiro atoms. The number of halogens is 2. The smallest absolute Gasteiger partial charge is 0.274 e. The van der Waals surface area contributed by atoms with E-state index in [9.17, 15) is 9.18 Å². The number of anilines is 1. The summed E-state index contributed by atoms with van der Waals surface area (Å²) < 4.78 is 14.6. The Bertz CT molecular complexity index is 1010. The van der Waals surface area contributed by atoms with Gasteiger partial charge >= 0.3 is 0 Å². The second kappa shape index (κ2) is 7.44. The molecule has 8 nitrogen and oxygen atoms in total. The summed E-state index contributed by atoms with van der Waals surface area (Å²) in [7, 11) is 0. The van der Waals surface area contributed by atoms with Gasteiger partial charge in [0.05, 0.1) is 24.0 Å². The second-order valence-electron chi connectivity index (χ2n) is 5.53. The van der Waals surface area contributed by atoms with Crippen LogP contribution >= 0.6 is 11.6 Å². The van der Waals surface area contributed by atoms with E-state index in [1.54, 1.807) is 30.7 Å². The Kier molecular flexibility index (Phi) is 5.08. The van der Waals surface area contributed by atoms with Crippen molar-refractivity contribution < 1.29 is 4.39 Å². The molecule has 134 valence electrons. The largest absolute Gasteiger partial charge is 0.288 e. The fraction of sp³-hybridized carbons (Fsp3) is 0.188. The SMILES string of the molecule is Cc1nn(Cc2ccc(F)cc2)c(Cl)c1/C=N\Nc1nnc(C)c(=O)[nH]1. The Hall–Kier alpha value is -3.07. The van der Waals surface area contributed by atoms with Gasteiger partial charge in [0.25, 0.3) is 5.56 Å². The lowest BCUT2D eigenvalue weighted by Gasteiger charge is -2.03. The Morgan fingerprint density at radius 1 is 1.27 bits per heavy atom. The molecular weight excluding hydrogens is 361 g/mol. The third-order valence-electron chi connectivity index (χ3n) is 3.58. The minimum Gasteiger partial charge on any atom is -0.288 e. The summed E-state index contributed by atoms with van der Waals surface area (Å²) in [5.41, 5.74) is 4.65. The predicted octanol–water partition coefficient (Wildman–Crippen LogP) is 2.27. The Morgan fingerprint density at radius 2 is 2.00 bits per heavy atom. The molecule has 0 bridgehead atoms. The molecule has 0 aliphatic heterocycles. The highest BCUT2D eigenvalue weighted by molar-refractivity contribution is 6.32. The third kappa shape index (κ3) is 3.94. The van der Waals surface area contributed by atoms with Gasteiger partial charge in [-0.1, -0.05) is 23.7 Å². The minimum atomic E-state index is -0.348. The van der Waals surface area contributed by atoms with Crippen LogP contribution in [0.15, 0.2) is 34.2 Å². The van der Waals surface area contributed by atoms with E-state index in [2.05, 4.69) is 30.8 Å². The molecule has 3 rings (SSSR count). The van der Waals surface area contributed by atoms with E-state index in [0.29, 0.717) is 23.0 Å². The van der Waals surface area contributed by atoms with Gasteiger partial charge in [0.2, 0.25) is 5.95 Å². The van der Waals surface area contributed by atoms with Crippen molar-refractivity contribution in [3.05, 3.63) is 68.1 Å². The zero-order chi connectivity index (χ0) is 18.7. The molecule has 0 aliphatic rings. The molecular formula is C16H15ClFN7O. The van der Waals surface area contributed by atoms with Crippen LogP contribution < -0.4 is 11.0 Å². The Morgan fingerprint density at radius 3 is 2.69 bits per heavy atom. The van der Waals surface area contributed by atoms with Crippen molar-refractivity contribution in [2.24, 2.45) is 5.10 Å². The van der Waals surface area contributed by atoms with Crippen LogP contribution in [0.25, 0.3) is 0 Å². The number of benzene rings is 1. The van der Waals surface area contributed by atoms with Gasteiger partial charge in [-0.05, 0) is 31.5 Å². The standard InChI is InChI=1S/C16H15ClFN7O/c1-9-13(7-19-22-16-20-15(26)10(2)21-23-16)14(17)25(24-9)8-11-3-5-12(18)6-4-11/h3-7H,8H2,1-2H3,(H2,20,22,23,26)/b19-7-. The molecule has 10 heteroatoms. The number of rotatable bonds is 5. The van der Waals surface area contributed by atoms with Crippen LogP contribution in [-0.4, -0.2) is 31.2 Å². The average Bonchev–Trinajstić information content (AvgIpc) is 2.87. The monoisotopic (exact) mass is 375 g/mol. The van der Waals surface area contributed by atoms with Crippen LogP contribution in [0.1, 0.15) is 22.5 Å². The maximum atomic E-state index is 13.0. The molecule has 0 unspecified atom stereocenters. The summed E-state index contributed by atoms with van der Waals surface area (Å²) in [6.45, 7) is 3.75. The lowest BCUT2D eigenvalue weighted by Crippen LogP contribution is -2.15. The summed E-state index contributed by atoms with van der Waals surface area (Å²) in [5, 5.41) is 16.2. The third-order valence-corrected chi connectivity index (χ3v) is 3.98. The second-order valence-corrected chi connectivity index (χ2v) is 5.89. The van der Waals surface area contributed by atoms with Crippen LogP contribution in [-0.2, 0) is 6.54 Å². The molecule has 0 fully saturated rings. The first-order valence-electron chi connectivity index (χ1n) is 7.64. The van der Waals surface area contributed by atoms with Crippen molar-refractivity contribution in [1.82, 2.24) is 25.0 Å². The number of aryl methyl sites for hydroxylation is 2. The number of hydrazone groups is 1. The normalized spacial score (nSPS) is 11.2.